The van der Waals surface area contributed by atoms with E-state index in [1.54, 1.807) is 0 Å². The van der Waals surface area contributed by atoms with Crippen LogP contribution in [0.25, 0.3) is 0 Å². The molecule has 1 fully saturated rings. The van der Waals surface area contributed by atoms with Crippen molar-refractivity contribution in [1.82, 2.24) is 0 Å². The molecule has 1 unspecified atom stereocenters. The van der Waals surface area contributed by atoms with E-state index in [2.05, 4.69) is 13.0 Å². The van der Waals surface area contributed by atoms with Gasteiger partial charge in [-0.15, -0.1) is 0 Å². The summed E-state index contributed by atoms with van der Waals surface area (Å²) in [5.74, 6) is 0.272. The van der Waals surface area contributed by atoms with Crippen LogP contribution in [-0.2, 0) is 4.74 Å². The van der Waals surface area contributed by atoms with E-state index in [0.717, 1.165) is 32.3 Å². The Kier molecular flexibility index (Phi) is 25.6. The number of hydrogen-bond donors (Lipinski definition) is 0. The minimum absolute atomic E-state index is 0.272. The highest BCUT2D eigenvalue weighted by Gasteiger charge is 2.12. The van der Waals surface area contributed by atoms with Crippen molar-refractivity contribution in [1.29, 1.82) is 5.26 Å². The number of ether oxygens (including phenoxy) is 1. The molecule has 36 heavy (non-hydrogen) atoms. The molecule has 0 aromatic heterocycles. The molecule has 0 N–H and O–H groups in total. The number of hydrogen-bond acceptors (Lipinski definition) is 2. The van der Waals surface area contributed by atoms with Crippen LogP contribution in [-0.4, -0.2) is 6.61 Å². The zero-order valence-electron chi connectivity index (χ0n) is 24.4. The van der Waals surface area contributed by atoms with Crippen LogP contribution >= 0.6 is 0 Å². The van der Waals surface area contributed by atoms with Gasteiger partial charge in [-0.25, -0.2) is 0 Å². The fourth-order valence-electron chi connectivity index (χ4n) is 5.65. The maximum atomic E-state index is 9.54. The molecule has 0 spiro atoms. The van der Waals surface area contributed by atoms with Crippen molar-refractivity contribution in [3.8, 4) is 6.07 Å². The van der Waals surface area contributed by atoms with Gasteiger partial charge >= 0.3 is 0 Å². The molecule has 210 valence electrons. The fraction of sp³-hybridized carbons (Fsp3) is 0.912. The number of nitriles is 1. The Hall–Kier alpha value is -0.550. The van der Waals surface area contributed by atoms with E-state index >= 15 is 0 Å². The van der Waals surface area contributed by atoms with Crippen molar-refractivity contribution in [2.45, 2.75) is 186 Å². The molecular formula is C34H63NO. The molecule has 0 amide bonds. The highest BCUT2D eigenvalue weighted by molar-refractivity contribution is 4.83. The quantitative estimate of drug-likeness (QED) is 0.222. The molecule has 0 bridgehead atoms. The molecule has 0 aromatic rings. The summed E-state index contributed by atoms with van der Waals surface area (Å²) < 4.78 is 6.32. The summed E-state index contributed by atoms with van der Waals surface area (Å²) in [6, 6.07) is 2.58. The third-order valence-corrected chi connectivity index (χ3v) is 8.15. The smallest absolute Gasteiger partial charge is 0.0970 e. The predicted octanol–water partition coefficient (Wildman–Crippen LogP) is 11.8. The molecule has 0 aliphatic carbocycles. The van der Waals surface area contributed by atoms with E-state index in [4.69, 9.17) is 4.74 Å². The van der Waals surface area contributed by atoms with Gasteiger partial charge in [0.25, 0.3) is 0 Å². The van der Waals surface area contributed by atoms with Crippen molar-refractivity contribution in [3.05, 3.63) is 13.0 Å². The standard InChI is InChI=1S/C34H63NO/c1-2-3-4-5-15-18-22-27-33(32-35)28-23-21-25-30-34-29-24-19-16-13-11-9-7-6-8-10-12-14-17-20-26-31-36-34/h33H,1-31H2. The summed E-state index contributed by atoms with van der Waals surface area (Å²) in [5.41, 5.74) is 0. The molecule has 1 aliphatic rings. The van der Waals surface area contributed by atoms with Gasteiger partial charge in [0.2, 0.25) is 0 Å². The average Bonchev–Trinajstić information content (AvgIpc) is 2.89. The molecule has 1 atom stereocenters. The third-order valence-electron chi connectivity index (χ3n) is 8.15. The van der Waals surface area contributed by atoms with Gasteiger partial charge in [-0.2, -0.15) is 5.26 Å². The van der Waals surface area contributed by atoms with Crippen LogP contribution in [0.1, 0.15) is 186 Å². The van der Waals surface area contributed by atoms with Crippen LogP contribution in [0.4, 0.5) is 0 Å². The Morgan fingerprint density at radius 1 is 0.583 bits per heavy atom. The van der Waals surface area contributed by atoms with Crippen LogP contribution in [0, 0.1) is 30.3 Å². The number of nitrogens with zero attached hydrogens (tertiary/aromatic N) is 1. The minimum Gasteiger partial charge on any atom is -0.372 e. The lowest BCUT2D eigenvalue weighted by molar-refractivity contribution is 0.118. The van der Waals surface area contributed by atoms with E-state index in [9.17, 15) is 5.26 Å². The summed E-state index contributed by atoms with van der Waals surface area (Å²) in [7, 11) is 0. The summed E-state index contributed by atoms with van der Waals surface area (Å²) in [6.45, 7) is 4.85. The van der Waals surface area contributed by atoms with Crippen LogP contribution in [0.2, 0.25) is 0 Å². The molecule has 2 nitrogen and oxygen atoms in total. The molecule has 1 heterocycles. The van der Waals surface area contributed by atoms with Gasteiger partial charge in [-0.3, -0.25) is 0 Å². The second kappa shape index (κ2) is 27.5. The second-order valence-corrected chi connectivity index (χ2v) is 11.6. The molecule has 1 rings (SSSR count). The first-order valence-corrected chi connectivity index (χ1v) is 16.5. The first-order chi connectivity index (χ1) is 17.9. The molecule has 0 aromatic carbocycles. The van der Waals surface area contributed by atoms with Gasteiger partial charge in [0.15, 0.2) is 0 Å². The Morgan fingerprint density at radius 2 is 1.03 bits per heavy atom. The molecule has 0 saturated carbocycles. The Balaban J connectivity index is 2.18. The molecular weight excluding hydrogens is 438 g/mol. The van der Waals surface area contributed by atoms with E-state index in [1.807, 2.05) is 0 Å². The van der Waals surface area contributed by atoms with Gasteiger partial charge < -0.3 is 4.74 Å². The van der Waals surface area contributed by atoms with Gasteiger partial charge in [-0.1, -0.05) is 161 Å². The van der Waals surface area contributed by atoms with Gasteiger partial charge in [0.1, 0.15) is 0 Å². The predicted molar refractivity (Wildman–Crippen MR) is 158 cm³/mol. The van der Waals surface area contributed by atoms with E-state index in [1.165, 1.54) is 167 Å². The van der Waals surface area contributed by atoms with E-state index < -0.39 is 0 Å². The van der Waals surface area contributed by atoms with Gasteiger partial charge in [-0.05, 0) is 32.1 Å². The van der Waals surface area contributed by atoms with Crippen LogP contribution < -0.4 is 0 Å². The van der Waals surface area contributed by atoms with Crippen LogP contribution in [0.3, 0.4) is 0 Å². The molecule has 1 saturated heterocycles. The van der Waals surface area contributed by atoms with Crippen molar-refractivity contribution < 1.29 is 4.74 Å². The number of unbranched alkanes of at least 4 members (excludes halogenated alkanes) is 8. The Bertz CT molecular complexity index is 450. The topological polar surface area (TPSA) is 33.0 Å². The first-order valence-electron chi connectivity index (χ1n) is 16.5. The van der Waals surface area contributed by atoms with Crippen LogP contribution in [0.15, 0.2) is 0 Å². The molecule has 2 radical (unpaired) electrons. The van der Waals surface area contributed by atoms with E-state index in [-0.39, 0.29) is 5.92 Å². The number of rotatable bonds is 14. The third kappa shape index (κ3) is 22.6. The normalized spacial score (nSPS) is 19.6. The Morgan fingerprint density at radius 3 is 1.56 bits per heavy atom. The Labute approximate surface area is 227 Å². The van der Waals surface area contributed by atoms with Crippen molar-refractivity contribution >= 4 is 0 Å². The largest absolute Gasteiger partial charge is 0.372 e. The highest BCUT2D eigenvalue weighted by Crippen LogP contribution is 2.24. The lowest BCUT2D eigenvalue weighted by Crippen LogP contribution is -2.06. The maximum Gasteiger partial charge on any atom is 0.0970 e. The SMILES string of the molecule is [CH2]CCCCCCCCC(C#N)CCCCC[C]1CCCCCCCCCCCCCCCCCO1. The van der Waals surface area contributed by atoms with Crippen LogP contribution in [0.5, 0.6) is 0 Å². The molecule has 1 aliphatic heterocycles. The van der Waals surface area contributed by atoms with Gasteiger partial charge in [0.05, 0.1) is 12.2 Å². The summed E-state index contributed by atoms with van der Waals surface area (Å²) in [5, 5.41) is 9.54. The van der Waals surface area contributed by atoms with Crippen molar-refractivity contribution in [2.75, 3.05) is 6.61 Å². The van der Waals surface area contributed by atoms with Gasteiger partial charge in [0, 0.05) is 12.5 Å². The highest BCUT2D eigenvalue weighted by atomic mass is 16.5. The first kappa shape index (κ1) is 33.5. The lowest BCUT2D eigenvalue weighted by Gasteiger charge is -2.17. The average molecular weight is 502 g/mol. The zero-order valence-corrected chi connectivity index (χ0v) is 24.4. The minimum atomic E-state index is 0.272. The summed E-state index contributed by atoms with van der Waals surface area (Å²) in [4.78, 5) is 0. The summed E-state index contributed by atoms with van der Waals surface area (Å²) >= 11 is 0. The lowest BCUT2D eigenvalue weighted by atomic mass is 9.95. The van der Waals surface area contributed by atoms with E-state index in [0.29, 0.717) is 0 Å². The van der Waals surface area contributed by atoms with Crippen molar-refractivity contribution in [2.24, 2.45) is 5.92 Å². The zero-order chi connectivity index (χ0) is 25.8. The molecule has 2 heteroatoms. The fourth-order valence-corrected chi connectivity index (χ4v) is 5.65. The maximum absolute atomic E-state index is 9.54. The van der Waals surface area contributed by atoms with Crippen molar-refractivity contribution in [3.63, 3.8) is 0 Å². The monoisotopic (exact) mass is 501 g/mol. The summed E-state index contributed by atoms with van der Waals surface area (Å²) in [6.07, 6.45) is 39.4. The second-order valence-electron chi connectivity index (χ2n) is 11.6.